The van der Waals surface area contributed by atoms with Crippen molar-refractivity contribution in [1.29, 1.82) is 0 Å². The molecule has 2 aliphatic heterocycles. The lowest BCUT2D eigenvalue weighted by atomic mass is 10.1. The van der Waals surface area contributed by atoms with E-state index >= 15 is 0 Å². The summed E-state index contributed by atoms with van der Waals surface area (Å²) in [6.45, 7) is 6.14. The maximum atomic E-state index is 12.2. The van der Waals surface area contributed by atoms with Gasteiger partial charge in [-0.05, 0) is 56.1 Å². The van der Waals surface area contributed by atoms with Crippen molar-refractivity contribution in [3.05, 3.63) is 52.1 Å². The average molecular weight is 367 g/mol. The number of thioether (sulfide) groups is 1. The van der Waals surface area contributed by atoms with Gasteiger partial charge in [0.2, 0.25) is 0 Å². The summed E-state index contributed by atoms with van der Waals surface area (Å²) in [5, 5.41) is 3.43. The molecular weight excluding hydrogens is 346 g/mol. The lowest BCUT2D eigenvalue weighted by molar-refractivity contribution is -0.115. The fourth-order valence-electron chi connectivity index (χ4n) is 3.18. The molecule has 2 fully saturated rings. The minimum Gasteiger partial charge on any atom is -0.441 e. The molecule has 0 spiro atoms. The highest BCUT2D eigenvalue weighted by atomic mass is 32.2. The van der Waals surface area contributed by atoms with Crippen LogP contribution in [0.25, 0.3) is 6.08 Å². The molecule has 5 nitrogen and oxygen atoms in total. The molecule has 0 saturated carbocycles. The van der Waals surface area contributed by atoms with Gasteiger partial charge in [0.15, 0.2) is 11.1 Å². The summed E-state index contributed by atoms with van der Waals surface area (Å²) in [6, 6.07) is 9.96. The van der Waals surface area contributed by atoms with Crippen LogP contribution in [0, 0.1) is 13.8 Å². The van der Waals surface area contributed by atoms with Gasteiger partial charge in [0.05, 0.1) is 10.6 Å². The van der Waals surface area contributed by atoms with Gasteiger partial charge in [-0.1, -0.05) is 17.7 Å². The molecule has 0 bridgehead atoms. The first-order valence-corrected chi connectivity index (χ1v) is 9.62. The molecule has 0 radical (unpaired) electrons. The van der Waals surface area contributed by atoms with Gasteiger partial charge in [-0.2, -0.15) is 0 Å². The molecule has 0 atom stereocenters. The molecule has 1 aromatic heterocycles. The van der Waals surface area contributed by atoms with Crippen LogP contribution in [-0.4, -0.2) is 24.2 Å². The second kappa shape index (κ2) is 7.03. The van der Waals surface area contributed by atoms with E-state index in [1.807, 2.05) is 31.2 Å². The van der Waals surface area contributed by atoms with Crippen LogP contribution in [0.2, 0.25) is 0 Å². The number of anilines is 1. The van der Waals surface area contributed by atoms with Crippen LogP contribution in [0.5, 0.6) is 0 Å². The van der Waals surface area contributed by atoms with Gasteiger partial charge in [-0.15, -0.1) is 0 Å². The van der Waals surface area contributed by atoms with Crippen molar-refractivity contribution < 1.29 is 9.21 Å². The Morgan fingerprint density at radius 2 is 2.00 bits per heavy atom. The Balaban J connectivity index is 1.52. The van der Waals surface area contributed by atoms with Crippen molar-refractivity contribution in [2.45, 2.75) is 26.7 Å². The summed E-state index contributed by atoms with van der Waals surface area (Å²) in [7, 11) is 0. The Hall–Kier alpha value is -2.47. The normalized spacial score (nSPS) is 20.4. The number of carbonyl (C=O) groups is 1. The summed E-state index contributed by atoms with van der Waals surface area (Å²) < 4.78 is 5.88. The predicted octanol–water partition coefficient (Wildman–Crippen LogP) is 4.39. The molecule has 1 amide bonds. The molecule has 0 unspecified atom stereocenters. The predicted molar refractivity (Wildman–Crippen MR) is 107 cm³/mol. The number of hydrogen-bond donors (Lipinski definition) is 1. The van der Waals surface area contributed by atoms with Gasteiger partial charge >= 0.3 is 0 Å². The van der Waals surface area contributed by atoms with Gasteiger partial charge in [0.25, 0.3) is 5.91 Å². The third-order valence-electron chi connectivity index (χ3n) is 4.53. The lowest BCUT2D eigenvalue weighted by Gasteiger charge is -2.12. The number of rotatable bonds is 3. The smallest absolute Gasteiger partial charge is 0.264 e. The summed E-state index contributed by atoms with van der Waals surface area (Å²) >= 11 is 1.34. The fraction of sp³-hybridized carbons (Fsp3) is 0.300. The lowest BCUT2D eigenvalue weighted by Crippen LogP contribution is -2.19. The summed E-state index contributed by atoms with van der Waals surface area (Å²) in [5.41, 5.74) is 3.15. The maximum absolute atomic E-state index is 12.2. The van der Waals surface area contributed by atoms with Crippen molar-refractivity contribution in [2.75, 3.05) is 18.0 Å². The van der Waals surface area contributed by atoms with E-state index in [1.54, 1.807) is 6.08 Å². The van der Waals surface area contributed by atoms with E-state index in [4.69, 9.17) is 4.42 Å². The molecule has 134 valence electrons. The number of amides is 1. The highest BCUT2D eigenvalue weighted by Crippen LogP contribution is 2.31. The van der Waals surface area contributed by atoms with E-state index in [1.165, 1.54) is 30.2 Å². The number of amidine groups is 1. The van der Waals surface area contributed by atoms with Crippen LogP contribution in [0.15, 0.2) is 44.6 Å². The van der Waals surface area contributed by atoms with Crippen LogP contribution < -0.4 is 10.2 Å². The zero-order valence-electron chi connectivity index (χ0n) is 14.9. The van der Waals surface area contributed by atoms with Crippen molar-refractivity contribution in [1.82, 2.24) is 5.32 Å². The number of aryl methyl sites for hydroxylation is 2. The van der Waals surface area contributed by atoms with Gasteiger partial charge in [-0.25, -0.2) is 4.99 Å². The highest BCUT2D eigenvalue weighted by molar-refractivity contribution is 8.18. The molecule has 3 heterocycles. The molecule has 1 aromatic carbocycles. The minimum absolute atomic E-state index is 0.141. The second-order valence-electron chi connectivity index (χ2n) is 6.64. The van der Waals surface area contributed by atoms with E-state index in [-0.39, 0.29) is 5.91 Å². The molecule has 1 N–H and O–H groups in total. The van der Waals surface area contributed by atoms with Crippen LogP contribution in [0.1, 0.15) is 29.7 Å². The Bertz CT molecular complexity index is 908. The molecule has 26 heavy (non-hydrogen) atoms. The van der Waals surface area contributed by atoms with Gasteiger partial charge in [0, 0.05) is 25.2 Å². The maximum Gasteiger partial charge on any atom is 0.264 e. The van der Waals surface area contributed by atoms with Gasteiger partial charge in [-0.3, -0.25) is 4.79 Å². The van der Waals surface area contributed by atoms with Crippen LogP contribution in [0.3, 0.4) is 0 Å². The van der Waals surface area contributed by atoms with Gasteiger partial charge in [0.1, 0.15) is 5.76 Å². The number of nitrogens with zero attached hydrogens (tertiary/aromatic N) is 2. The number of hydrogen-bond acceptors (Lipinski definition) is 5. The zero-order valence-corrected chi connectivity index (χ0v) is 15.7. The molecule has 4 rings (SSSR count). The van der Waals surface area contributed by atoms with Gasteiger partial charge < -0.3 is 14.6 Å². The highest BCUT2D eigenvalue weighted by Gasteiger charge is 2.25. The van der Waals surface area contributed by atoms with Crippen molar-refractivity contribution in [3.8, 4) is 0 Å². The number of furan rings is 1. The number of carbonyl (C=O) groups excluding carboxylic acids is 1. The summed E-state index contributed by atoms with van der Waals surface area (Å²) in [5.74, 6) is 1.43. The van der Waals surface area contributed by atoms with Crippen molar-refractivity contribution >= 4 is 40.5 Å². The number of nitrogens with one attached hydrogen (secondary N) is 1. The summed E-state index contributed by atoms with van der Waals surface area (Å²) in [4.78, 5) is 19.7. The Kier molecular flexibility index (Phi) is 4.59. The van der Waals surface area contributed by atoms with E-state index in [0.29, 0.717) is 15.8 Å². The Morgan fingerprint density at radius 1 is 1.19 bits per heavy atom. The molecule has 6 heteroatoms. The molecular formula is C20H21N3O2S. The average Bonchev–Trinajstić information content (AvgIpc) is 3.32. The van der Waals surface area contributed by atoms with E-state index in [9.17, 15) is 4.79 Å². The Morgan fingerprint density at radius 3 is 2.77 bits per heavy atom. The van der Waals surface area contributed by atoms with Crippen LogP contribution in [-0.2, 0) is 4.79 Å². The van der Waals surface area contributed by atoms with E-state index in [2.05, 4.69) is 28.2 Å². The monoisotopic (exact) mass is 367 g/mol. The fourth-order valence-corrected chi connectivity index (χ4v) is 3.99. The van der Waals surface area contributed by atoms with E-state index in [0.717, 1.165) is 30.2 Å². The van der Waals surface area contributed by atoms with Crippen molar-refractivity contribution in [2.24, 2.45) is 4.99 Å². The third-order valence-corrected chi connectivity index (χ3v) is 5.44. The Labute approximate surface area is 157 Å². The molecule has 2 saturated heterocycles. The SMILES string of the molecule is Cc1ccc(N=C2NC(=O)/C(=C/c3ccc(N4CCCC4)o3)S2)c(C)c1. The number of aliphatic imine (C=N–C) groups is 1. The van der Waals surface area contributed by atoms with E-state index < -0.39 is 0 Å². The molecule has 2 aromatic rings. The summed E-state index contributed by atoms with van der Waals surface area (Å²) in [6.07, 6.45) is 4.19. The first kappa shape index (κ1) is 17.0. The quantitative estimate of drug-likeness (QED) is 0.818. The second-order valence-corrected chi connectivity index (χ2v) is 7.67. The minimum atomic E-state index is -0.141. The standard InChI is InChI=1S/C20H21N3O2S/c1-13-5-7-16(14(2)11-13)21-20-22-19(24)17(26-20)12-15-6-8-18(25-15)23-9-3-4-10-23/h5-8,11-12H,3-4,9-10H2,1-2H3,(H,21,22,24)/b17-12-. The van der Waals surface area contributed by atoms with Crippen molar-refractivity contribution in [3.63, 3.8) is 0 Å². The number of benzene rings is 1. The largest absolute Gasteiger partial charge is 0.441 e. The van der Waals surface area contributed by atoms with Crippen LogP contribution >= 0.6 is 11.8 Å². The topological polar surface area (TPSA) is 57.8 Å². The first-order valence-electron chi connectivity index (χ1n) is 8.80. The zero-order chi connectivity index (χ0) is 18.1. The van der Waals surface area contributed by atoms with Crippen LogP contribution in [0.4, 0.5) is 11.6 Å². The molecule has 2 aliphatic rings. The molecule has 0 aliphatic carbocycles. The third kappa shape index (κ3) is 3.55. The first-order chi connectivity index (χ1) is 12.6.